The van der Waals surface area contributed by atoms with Gasteiger partial charge in [-0.2, -0.15) is 0 Å². The van der Waals surface area contributed by atoms with E-state index in [0.717, 1.165) is 11.1 Å². The Balaban J connectivity index is 1.60. The molecule has 2 heterocycles. The molecule has 3 aromatic carbocycles. The normalized spacial score (nSPS) is 12.9. The summed E-state index contributed by atoms with van der Waals surface area (Å²) in [5.74, 6) is 0.456. The maximum absolute atomic E-state index is 17.0. The van der Waals surface area contributed by atoms with Crippen molar-refractivity contribution in [2.24, 2.45) is 0 Å². The minimum absolute atomic E-state index is 0.178. The lowest BCUT2D eigenvalue weighted by Crippen LogP contribution is -2.26. The largest absolute Gasteiger partial charge is 0.248 e. The summed E-state index contributed by atoms with van der Waals surface area (Å²) in [5, 5.41) is 8.41. The number of benzene rings is 3. The summed E-state index contributed by atoms with van der Waals surface area (Å²) < 4.78 is 18.7. The topological polar surface area (TPSA) is 56.5 Å². The van der Waals surface area contributed by atoms with Crippen molar-refractivity contribution in [1.29, 1.82) is 0 Å². The van der Waals surface area contributed by atoms with E-state index in [1.807, 2.05) is 66.7 Å². The Morgan fingerprint density at radius 2 is 1.41 bits per heavy atom. The zero-order chi connectivity index (χ0) is 21.8. The first-order chi connectivity index (χ1) is 15.7. The molecule has 0 aliphatic carbocycles. The fraction of sp³-hybridized carbons (Fsp3) is 0.0769. The number of nitrogens with zero attached hydrogens (tertiary/aromatic N) is 5. The molecule has 0 aliphatic rings. The summed E-state index contributed by atoms with van der Waals surface area (Å²) in [6.45, 7) is 0.498. The van der Waals surface area contributed by atoms with Crippen LogP contribution in [0.5, 0.6) is 0 Å². The SMILES string of the molecule is F[C@](c1ccccc1)(c1cn(Cc2ccccc2)nn1)c1ccnc(-c2ccccc2)n1. The smallest absolute Gasteiger partial charge is 0.223 e. The first-order valence-corrected chi connectivity index (χ1v) is 10.3. The van der Waals surface area contributed by atoms with Gasteiger partial charge in [0, 0.05) is 17.3 Å². The van der Waals surface area contributed by atoms with Crippen LogP contribution in [0, 0.1) is 0 Å². The van der Waals surface area contributed by atoms with Gasteiger partial charge in [0.05, 0.1) is 18.4 Å². The molecule has 5 rings (SSSR count). The van der Waals surface area contributed by atoms with Crippen molar-refractivity contribution in [3.05, 3.63) is 132 Å². The van der Waals surface area contributed by atoms with Crippen molar-refractivity contribution in [1.82, 2.24) is 25.0 Å². The van der Waals surface area contributed by atoms with Gasteiger partial charge >= 0.3 is 0 Å². The van der Waals surface area contributed by atoms with Gasteiger partial charge in [0.15, 0.2) is 5.82 Å². The molecular formula is C26H20FN5. The molecule has 0 spiro atoms. The summed E-state index contributed by atoms with van der Waals surface area (Å²) in [4.78, 5) is 8.95. The van der Waals surface area contributed by atoms with Crippen molar-refractivity contribution < 1.29 is 4.39 Å². The lowest BCUT2D eigenvalue weighted by atomic mass is 9.89. The van der Waals surface area contributed by atoms with E-state index in [0.29, 0.717) is 17.9 Å². The van der Waals surface area contributed by atoms with E-state index in [9.17, 15) is 0 Å². The van der Waals surface area contributed by atoms with Crippen LogP contribution in [0.25, 0.3) is 11.4 Å². The van der Waals surface area contributed by atoms with Crippen LogP contribution in [-0.4, -0.2) is 25.0 Å². The zero-order valence-corrected chi connectivity index (χ0v) is 17.2. The highest BCUT2D eigenvalue weighted by atomic mass is 19.1. The molecule has 0 amide bonds. The molecule has 0 radical (unpaired) electrons. The molecular weight excluding hydrogens is 401 g/mol. The van der Waals surface area contributed by atoms with E-state index in [1.165, 1.54) is 0 Å². The van der Waals surface area contributed by atoms with Crippen molar-refractivity contribution in [2.75, 3.05) is 0 Å². The van der Waals surface area contributed by atoms with Gasteiger partial charge in [0.2, 0.25) is 5.67 Å². The number of halogens is 1. The fourth-order valence-electron chi connectivity index (χ4n) is 3.68. The summed E-state index contributed by atoms with van der Waals surface area (Å²) in [6, 6.07) is 29.9. The van der Waals surface area contributed by atoms with Crippen molar-refractivity contribution in [3.63, 3.8) is 0 Å². The van der Waals surface area contributed by atoms with Crippen molar-refractivity contribution >= 4 is 0 Å². The zero-order valence-electron chi connectivity index (χ0n) is 17.2. The first-order valence-electron chi connectivity index (χ1n) is 10.3. The van der Waals surface area contributed by atoms with Gasteiger partial charge in [-0.25, -0.2) is 19.0 Å². The van der Waals surface area contributed by atoms with Crippen LogP contribution in [0.2, 0.25) is 0 Å². The van der Waals surface area contributed by atoms with Crippen LogP contribution < -0.4 is 0 Å². The number of hydrogen-bond donors (Lipinski definition) is 0. The van der Waals surface area contributed by atoms with Crippen LogP contribution in [0.1, 0.15) is 22.5 Å². The molecule has 0 N–H and O–H groups in total. The van der Waals surface area contributed by atoms with E-state index in [1.54, 1.807) is 47.4 Å². The Kier molecular flexibility index (Phi) is 5.25. The highest BCUT2D eigenvalue weighted by molar-refractivity contribution is 5.55. The van der Waals surface area contributed by atoms with Gasteiger partial charge < -0.3 is 0 Å². The lowest BCUT2D eigenvalue weighted by Gasteiger charge is -2.23. The lowest BCUT2D eigenvalue weighted by molar-refractivity contribution is 0.265. The summed E-state index contributed by atoms with van der Waals surface area (Å²) in [5.41, 5.74) is 0.619. The molecule has 156 valence electrons. The number of alkyl halides is 1. The van der Waals surface area contributed by atoms with Crippen LogP contribution in [-0.2, 0) is 12.2 Å². The Hall–Kier alpha value is -4.19. The van der Waals surface area contributed by atoms with Gasteiger partial charge in [0.25, 0.3) is 0 Å². The van der Waals surface area contributed by atoms with Crippen molar-refractivity contribution in [3.8, 4) is 11.4 Å². The Morgan fingerprint density at radius 3 is 2.12 bits per heavy atom. The summed E-state index contributed by atoms with van der Waals surface area (Å²) in [6.07, 6.45) is 3.22. The van der Waals surface area contributed by atoms with Crippen LogP contribution in [0.4, 0.5) is 4.39 Å². The predicted octanol–water partition coefficient (Wildman–Crippen LogP) is 5.04. The number of rotatable bonds is 6. The minimum atomic E-state index is -2.08. The third-order valence-electron chi connectivity index (χ3n) is 5.29. The van der Waals surface area contributed by atoms with E-state index >= 15 is 4.39 Å². The average Bonchev–Trinajstić information content (AvgIpc) is 3.34. The van der Waals surface area contributed by atoms with Crippen molar-refractivity contribution in [2.45, 2.75) is 12.2 Å². The molecule has 0 saturated heterocycles. The second-order valence-electron chi connectivity index (χ2n) is 7.44. The average molecular weight is 421 g/mol. The highest BCUT2D eigenvalue weighted by Gasteiger charge is 2.41. The van der Waals surface area contributed by atoms with E-state index in [2.05, 4.69) is 20.3 Å². The van der Waals surface area contributed by atoms with Gasteiger partial charge in [-0.1, -0.05) is 96.2 Å². The Bertz CT molecular complexity index is 1310. The van der Waals surface area contributed by atoms with E-state index in [-0.39, 0.29) is 11.4 Å². The third kappa shape index (κ3) is 3.78. The number of aromatic nitrogens is 5. The van der Waals surface area contributed by atoms with Gasteiger partial charge in [0.1, 0.15) is 5.69 Å². The summed E-state index contributed by atoms with van der Waals surface area (Å²) >= 11 is 0. The van der Waals surface area contributed by atoms with Crippen LogP contribution in [0.3, 0.4) is 0 Å². The molecule has 1 atom stereocenters. The molecule has 2 aromatic heterocycles. The fourth-order valence-corrected chi connectivity index (χ4v) is 3.68. The second-order valence-corrected chi connectivity index (χ2v) is 7.44. The predicted molar refractivity (Wildman–Crippen MR) is 120 cm³/mol. The molecule has 0 saturated carbocycles. The second kappa shape index (κ2) is 8.51. The van der Waals surface area contributed by atoms with Crippen LogP contribution >= 0.6 is 0 Å². The number of hydrogen-bond acceptors (Lipinski definition) is 4. The molecule has 5 nitrogen and oxygen atoms in total. The Morgan fingerprint density at radius 1 is 0.750 bits per heavy atom. The molecule has 5 aromatic rings. The third-order valence-corrected chi connectivity index (χ3v) is 5.29. The molecule has 0 unspecified atom stereocenters. The quantitative estimate of drug-likeness (QED) is 0.385. The van der Waals surface area contributed by atoms with Gasteiger partial charge in [-0.15, -0.1) is 5.10 Å². The van der Waals surface area contributed by atoms with E-state index < -0.39 is 5.67 Å². The van der Waals surface area contributed by atoms with Crippen LogP contribution in [0.15, 0.2) is 109 Å². The Labute approximate surface area is 185 Å². The highest BCUT2D eigenvalue weighted by Crippen LogP contribution is 2.39. The monoisotopic (exact) mass is 421 g/mol. The maximum atomic E-state index is 17.0. The van der Waals surface area contributed by atoms with Gasteiger partial charge in [-0.05, 0) is 11.6 Å². The summed E-state index contributed by atoms with van der Waals surface area (Å²) in [7, 11) is 0. The molecule has 6 heteroatoms. The first kappa shape index (κ1) is 19.8. The maximum Gasteiger partial charge on any atom is 0.223 e. The minimum Gasteiger partial charge on any atom is -0.248 e. The molecule has 0 fully saturated rings. The molecule has 0 aliphatic heterocycles. The molecule has 0 bridgehead atoms. The van der Waals surface area contributed by atoms with Gasteiger partial charge in [-0.3, -0.25) is 0 Å². The standard InChI is InChI=1S/C26H20FN5/c27-26(22-14-8-3-9-15-22,23-16-17-28-25(29-23)21-12-6-2-7-13-21)24-19-32(31-30-24)18-20-10-4-1-5-11-20/h1-17,19H,18H2/t26-/m0/s1. The van der Waals surface area contributed by atoms with E-state index in [4.69, 9.17) is 0 Å². The molecule has 32 heavy (non-hydrogen) atoms.